The predicted molar refractivity (Wildman–Crippen MR) is 101 cm³/mol. The number of carbonyl (C=O) groups is 2. The number of anilines is 1. The number of ether oxygens (including phenoxy) is 4. The highest BCUT2D eigenvalue weighted by atomic mass is 16.9. The highest BCUT2D eigenvalue weighted by Crippen LogP contribution is 2.35. The van der Waals surface area contributed by atoms with Gasteiger partial charge in [-0.2, -0.15) is 0 Å². The van der Waals surface area contributed by atoms with Gasteiger partial charge in [0.05, 0.1) is 12.1 Å². The molecule has 154 valence electrons. The Labute approximate surface area is 166 Å². The van der Waals surface area contributed by atoms with Gasteiger partial charge in [-0.15, -0.1) is 0 Å². The van der Waals surface area contributed by atoms with E-state index < -0.39 is 17.5 Å². The molecular weight excluding hydrogens is 380 g/mol. The van der Waals surface area contributed by atoms with Gasteiger partial charge in [0.2, 0.25) is 5.91 Å². The first-order valence-electron chi connectivity index (χ1n) is 9.18. The Morgan fingerprint density at radius 2 is 2.10 bits per heavy atom. The lowest BCUT2D eigenvalue weighted by Crippen LogP contribution is -2.35. The number of esters is 1. The van der Waals surface area contributed by atoms with Gasteiger partial charge in [-0.1, -0.05) is 12.2 Å². The molecule has 0 aliphatic carbocycles. The lowest BCUT2D eigenvalue weighted by atomic mass is 10.1. The molecule has 0 radical (unpaired) electrons. The average molecular weight is 402 g/mol. The van der Waals surface area contributed by atoms with Crippen molar-refractivity contribution in [1.82, 2.24) is 15.0 Å². The van der Waals surface area contributed by atoms with Crippen molar-refractivity contribution in [3.63, 3.8) is 0 Å². The second-order valence-corrected chi connectivity index (χ2v) is 7.53. The van der Waals surface area contributed by atoms with E-state index in [0.717, 1.165) is 5.56 Å². The summed E-state index contributed by atoms with van der Waals surface area (Å²) in [6, 6.07) is 0. The maximum atomic E-state index is 11.8. The zero-order valence-corrected chi connectivity index (χ0v) is 16.5. The second kappa shape index (κ2) is 6.90. The molecule has 2 aliphatic heterocycles. The lowest BCUT2D eigenvalue weighted by molar-refractivity contribution is -0.333. The summed E-state index contributed by atoms with van der Waals surface area (Å²) < 4.78 is 22.5. The van der Waals surface area contributed by atoms with E-state index in [9.17, 15) is 9.59 Å². The minimum Gasteiger partial charge on any atom is -0.406 e. The minimum absolute atomic E-state index is 0.140. The third kappa shape index (κ3) is 3.74. The van der Waals surface area contributed by atoms with Crippen molar-refractivity contribution >= 4 is 28.7 Å². The fraction of sp³-hybridized carbons (Fsp3) is 0.474. The number of nitrogens with zero attached hydrogens (tertiary/aromatic N) is 2. The van der Waals surface area contributed by atoms with Gasteiger partial charge in [0.1, 0.15) is 24.1 Å². The Hall–Kier alpha value is -2.82. The number of hydrogen-bond donors (Lipinski definition) is 2. The Balaban J connectivity index is 1.43. The minimum atomic E-state index is -1.45. The number of amides is 1. The first kappa shape index (κ1) is 19.5. The van der Waals surface area contributed by atoms with E-state index >= 15 is 0 Å². The Kier molecular flexibility index (Phi) is 4.64. The molecule has 2 aromatic heterocycles. The van der Waals surface area contributed by atoms with Crippen LogP contribution in [0.2, 0.25) is 0 Å². The first-order chi connectivity index (χ1) is 13.7. The smallest absolute Gasteiger partial charge is 0.342 e. The van der Waals surface area contributed by atoms with Gasteiger partial charge < -0.3 is 24.5 Å². The fourth-order valence-electron chi connectivity index (χ4n) is 3.32. The molecule has 4 rings (SSSR count). The van der Waals surface area contributed by atoms with Crippen LogP contribution in [0.1, 0.15) is 39.4 Å². The van der Waals surface area contributed by atoms with Crippen LogP contribution in [0.5, 0.6) is 0 Å². The van der Waals surface area contributed by atoms with Crippen LogP contribution in [0.4, 0.5) is 5.82 Å². The topological polar surface area (TPSA) is 125 Å². The molecule has 1 amide bonds. The van der Waals surface area contributed by atoms with Crippen LogP contribution in [-0.2, 0) is 28.5 Å². The molecular formula is C19H22N4O6. The monoisotopic (exact) mass is 402 g/mol. The summed E-state index contributed by atoms with van der Waals surface area (Å²) in [5, 5.41) is 2.67. The molecule has 10 heteroatoms. The summed E-state index contributed by atoms with van der Waals surface area (Å²) in [5.41, 5.74) is 1.03. The number of aromatic nitrogens is 3. The molecule has 10 nitrogen and oxygen atoms in total. The van der Waals surface area contributed by atoms with E-state index in [-0.39, 0.29) is 24.7 Å². The van der Waals surface area contributed by atoms with Gasteiger partial charge in [-0.3, -0.25) is 9.53 Å². The molecule has 2 N–H and O–H groups in total. The fourth-order valence-corrected chi connectivity index (χ4v) is 3.32. The summed E-state index contributed by atoms with van der Waals surface area (Å²) >= 11 is 0. The Bertz CT molecular complexity index is 1000. The third-order valence-corrected chi connectivity index (χ3v) is 4.64. The molecule has 29 heavy (non-hydrogen) atoms. The third-order valence-electron chi connectivity index (χ3n) is 4.64. The number of H-pyrrole nitrogens is 1. The molecule has 1 fully saturated rings. The van der Waals surface area contributed by atoms with Crippen LogP contribution >= 0.6 is 0 Å². The lowest BCUT2D eigenvalue weighted by Gasteiger charge is -2.25. The van der Waals surface area contributed by atoms with Gasteiger partial charge in [-0.25, -0.2) is 14.8 Å². The van der Waals surface area contributed by atoms with Crippen molar-refractivity contribution in [2.24, 2.45) is 0 Å². The molecule has 0 saturated carbocycles. The van der Waals surface area contributed by atoms with Gasteiger partial charge >= 0.3 is 11.9 Å². The number of nitrogens with one attached hydrogen (secondary N) is 2. The van der Waals surface area contributed by atoms with Crippen LogP contribution in [-0.4, -0.2) is 51.1 Å². The summed E-state index contributed by atoms with van der Waals surface area (Å²) in [5.74, 6) is -1.74. The van der Waals surface area contributed by atoms with Crippen LogP contribution in [0.15, 0.2) is 24.7 Å². The van der Waals surface area contributed by atoms with Crippen molar-refractivity contribution in [2.45, 2.75) is 51.5 Å². The predicted octanol–water partition coefficient (Wildman–Crippen LogP) is 1.95. The Morgan fingerprint density at radius 1 is 1.31 bits per heavy atom. The van der Waals surface area contributed by atoms with E-state index in [1.165, 1.54) is 13.3 Å². The number of rotatable bonds is 5. The highest BCUT2D eigenvalue weighted by Gasteiger charge is 2.51. The molecule has 0 spiro atoms. The van der Waals surface area contributed by atoms with Crippen molar-refractivity contribution in [3.8, 4) is 0 Å². The molecule has 3 atom stereocenters. The van der Waals surface area contributed by atoms with Crippen LogP contribution in [0, 0.1) is 0 Å². The van der Waals surface area contributed by atoms with E-state index in [1.807, 2.05) is 12.2 Å². The van der Waals surface area contributed by atoms with Gasteiger partial charge in [0, 0.05) is 25.6 Å². The molecule has 0 aromatic carbocycles. The van der Waals surface area contributed by atoms with Crippen molar-refractivity contribution in [2.75, 3.05) is 11.9 Å². The van der Waals surface area contributed by atoms with Crippen LogP contribution < -0.4 is 5.32 Å². The van der Waals surface area contributed by atoms with E-state index in [0.29, 0.717) is 16.9 Å². The summed E-state index contributed by atoms with van der Waals surface area (Å²) in [6.45, 7) is 6.36. The Morgan fingerprint density at radius 3 is 2.79 bits per heavy atom. The van der Waals surface area contributed by atoms with Crippen LogP contribution in [0.25, 0.3) is 11.0 Å². The SMILES string of the molecule is CC(=O)Nc1ncnc2c([C@H]3C=C[C@@H](COC4(C)OC(=O)C(C)(C)O4)O3)c[nH]c12. The maximum absolute atomic E-state index is 11.8. The normalized spacial score (nSPS) is 28.1. The zero-order valence-electron chi connectivity index (χ0n) is 16.5. The van der Waals surface area contributed by atoms with Gasteiger partial charge in [0.25, 0.3) is 0 Å². The van der Waals surface area contributed by atoms with Gasteiger partial charge in [0.15, 0.2) is 11.4 Å². The van der Waals surface area contributed by atoms with Gasteiger partial charge in [-0.05, 0) is 13.8 Å². The standard InChI is InChI=1S/C19H22N4O6/c1-10(24)23-16-15-14(21-9-22-16)12(7-20-15)13-6-5-11(27-13)8-26-19(4)28-17(25)18(2,3)29-19/h5-7,9,11,13,20H,8H2,1-4H3,(H,21,22,23,24)/t11-,13+,19?/m0/s1. The number of hydrogen-bond acceptors (Lipinski definition) is 8. The molecule has 2 aromatic rings. The first-order valence-corrected chi connectivity index (χ1v) is 9.18. The van der Waals surface area contributed by atoms with E-state index in [4.69, 9.17) is 18.9 Å². The summed E-state index contributed by atoms with van der Waals surface area (Å²) in [6.07, 6.45) is 6.21. The summed E-state index contributed by atoms with van der Waals surface area (Å²) in [4.78, 5) is 34.7. The number of cyclic esters (lactones) is 1. The molecule has 1 unspecified atom stereocenters. The molecule has 0 bridgehead atoms. The highest BCUT2D eigenvalue weighted by molar-refractivity contribution is 5.97. The van der Waals surface area contributed by atoms with Crippen molar-refractivity contribution in [3.05, 3.63) is 30.2 Å². The largest absolute Gasteiger partial charge is 0.406 e. The summed E-state index contributed by atoms with van der Waals surface area (Å²) in [7, 11) is 0. The quantitative estimate of drug-likeness (QED) is 0.574. The zero-order chi connectivity index (χ0) is 20.8. The number of carbonyl (C=O) groups excluding carboxylic acids is 2. The second-order valence-electron chi connectivity index (χ2n) is 7.53. The number of fused-ring (bicyclic) bond motifs is 1. The van der Waals surface area contributed by atoms with Crippen LogP contribution in [0.3, 0.4) is 0 Å². The molecule has 2 aliphatic rings. The average Bonchev–Trinajstić information content (AvgIpc) is 3.30. The van der Waals surface area contributed by atoms with Crippen molar-refractivity contribution in [1.29, 1.82) is 0 Å². The van der Waals surface area contributed by atoms with E-state index in [1.54, 1.807) is 27.0 Å². The maximum Gasteiger partial charge on any atom is 0.342 e. The van der Waals surface area contributed by atoms with E-state index in [2.05, 4.69) is 20.3 Å². The molecule has 4 heterocycles. The number of aromatic amines is 1. The van der Waals surface area contributed by atoms with Crippen molar-refractivity contribution < 1.29 is 28.5 Å². The molecule has 1 saturated heterocycles.